The molecule has 1 unspecified atom stereocenters. The summed E-state index contributed by atoms with van der Waals surface area (Å²) in [6.45, 7) is 0.808. The zero-order chi connectivity index (χ0) is 25.9. The van der Waals surface area contributed by atoms with Gasteiger partial charge in [0, 0.05) is 11.1 Å². The highest BCUT2D eigenvalue weighted by atomic mass is 35.5. The quantitative estimate of drug-likeness (QED) is 0.351. The number of primary amides is 1. The maximum atomic E-state index is 14.1. The minimum atomic E-state index is -3.71. The van der Waals surface area contributed by atoms with E-state index in [0.29, 0.717) is 36.0 Å². The Morgan fingerprint density at radius 1 is 1.22 bits per heavy atom. The van der Waals surface area contributed by atoms with Gasteiger partial charge in [-0.1, -0.05) is 47.1 Å². The number of halogens is 4. The van der Waals surface area contributed by atoms with Crippen LogP contribution in [0.2, 0.25) is 5.02 Å². The van der Waals surface area contributed by atoms with Gasteiger partial charge in [-0.05, 0) is 68.7 Å². The first-order chi connectivity index (χ1) is 17.2. The van der Waals surface area contributed by atoms with Crippen molar-refractivity contribution in [2.75, 3.05) is 13.2 Å². The van der Waals surface area contributed by atoms with Gasteiger partial charge in [-0.15, -0.1) is 0 Å². The summed E-state index contributed by atoms with van der Waals surface area (Å²) in [7, 11) is 0. The Morgan fingerprint density at radius 3 is 2.56 bits per heavy atom. The Kier molecular flexibility index (Phi) is 8.00. The number of aromatic nitrogens is 2. The fourth-order valence-corrected chi connectivity index (χ4v) is 4.99. The van der Waals surface area contributed by atoms with E-state index >= 15 is 0 Å². The lowest BCUT2D eigenvalue weighted by atomic mass is 9.77. The molecule has 1 aromatic heterocycles. The van der Waals surface area contributed by atoms with E-state index in [9.17, 15) is 18.0 Å². The Labute approximate surface area is 212 Å². The first-order valence-electron chi connectivity index (χ1n) is 11.9. The van der Waals surface area contributed by atoms with Crippen LogP contribution in [0.15, 0.2) is 47.0 Å². The summed E-state index contributed by atoms with van der Waals surface area (Å²) < 4.78 is 46.6. The Balaban J connectivity index is 1.37. The lowest BCUT2D eigenvalue weighted by Crippen LogP contribution is -2.28. The molecule has 4 rings (SSSR count). The van der Waals surface area contributed by atoms with Crippen molar-refractivity contribution < 1.29 is 22.5 Å². The molecule has 0 spiro atoms. The molecule has 0 bridgehead atoms. The van der Waals surface area contributed by atoms with E-state index in [1.54, 1.807) is 0 Å². The van der Waals surface area contributed by atoms with Crippen molar-refractivity contribution in [3.05, 3.63) is 70.1 Å². The number of nitrogens with one attached hydrogen (secondary N) is 1. The molecule has 0 aliphatic heterocycles. The van der Waals surface area contributed by atoms with Crippen LogP contribution in [-0.4, -0.2) is 29.3 Å². The first kappa shape index (κ1) is 26.2. The third-order valence-corrected chi connectivity index (χ3v) is 7.22. The van der Waals surface area contributed by atoms with Crippen LogP contribution in [0.1, 0.15) is 71.9 Å². The van der Waals surface area contributed by atoms with E-state index in [4.69, 9.17) is 21.9 Å². The molecule has 2 aromatic carbocycles. The maximum absolute atomic E-state index is 14.1. The van der Waals surface area contributed by atoms with Crippen molar-refractivity contribution in [1.82, 2.24) is 15.5 Å². The molecule has 1 aliphatic rings. The van der Waals surface area contributed by atoms with Gasteiger partial charge in [0.2, 0.25) is 17.6 Å². The molecule has 1 fully saturated rings. The molecular weight excluding hydrogens is 493 g/mol. The molecule has 0 radical (unpaired) electrons. The normalized spacial score (nSPS) is 19.2. The second-order valence-electron chi connectivity index (χ2n) is 9.30. The largest absolute Gasteiger partial charge is 0.366 e. The van der Waals surface area contributed by atoms with Crippen LogP contribution in [0.4, 0.5) is 13.2 Å². The summed E-state index contributed by atoms with van der Waals surface area (Å²) in [5.74, 6) is -3.36. The van der Waals surface area contributed by atoms with E-state index < -0.39 is 24.1 Å². The molecule has 6 nitrogen and oxygen atoms in total. The van der Waals surface area contributed by atoms with Crippen LogP contribution in [0, 0.1) is 5.92 Å². The van der Waals surface area contributed by atoms with E-state index in [1.807, 2.05) is 37.3 Å². The molecule has 1 amide bonds. The smallest absolute Gasteiger partial charge is 0.301 e. The molecule has 1 atom stereocenters. The molecular formula is C26H28ClF3N4O2. The number of carbonyl (C=O) groups is 1. The van der Waals surface area contributed by atoms with Gasteiger partial charge in [-0.2, -0.15) is 13.8 Å². The van der Waals surface area contributed by atoms with Gasteiger partial charge in [-0.3, -0.25) is 4.79 Å². The molecule has 1 saturated carbocycles. The molecule has 3 N–H and O–H groups in total. The minimum absolute atomic E-state index is 0.0710. The minimum Gasteiger partial charge on any atom is -0.366 e. The van der Waals surface area contributed by atoms with Crippen molar-refractivity contribution in [2.45, 2.75) is 50.5 Å². The van der Waals surface area contributed by atoms with E-state index in [1.165, 1.54) is 6.07 Å². The fourth-order valence-electron chi connectivity index (χ4n) is 4.64. The molecule has 1 aliphatic carbocycles. The number of benzene rings is 2. The number of carbonyl (C=O) groups excluding carboxylic acids is 1. The van der Waals surface area contributed by atoms with Crippen molar-refractivity contribution in [3.63, 3.8) is 0 Å². The summed E-state index contributed by atoms with van der Waals surface area (Å²) in [6, 6.07) is 11.5. The van der Waals surface area contributed by atoms with Crippen molar-refractivity contribution in [2.24, 2.45) is 11.7 Å². The summed E-state index contributed by atoms with van der Waals surface area (Å²) in [4.78, 5) is 16.3. The van der Waals surface area contributed by atoms with E-state index in [-0.39, 0.29) is 22.5 Å². The van der Waals surface area contributed by atoms with Gasteiger partial charge in [0.05, 0.1) is 16.6 Å². The third-order valence-electron chi connectivity index (χ3n) is 6.80. The third kappa shape index (κ3) is 5.73. The molecule has 3 aromatic rings. The van der Waals surface area contributed by atoms with E-state index in [0.717, 1.165) is 31.0 Å². The number of nitrogens with zero attached hydrogens (tertiary/aromatic N) is 2. The van der Waals surface area contributed by atoms with Crippen molar-refractivity contribution in [1.29, 1.82) is 0 Å². The summed E-state index contributed by atoms with van der Waals surface area (Å²) in [6.07, 6.45) is 3.05. The lowest BCUT2D eigenvalue weighted by molar-refractivity contribution is -0.0282. The van der Waals surface area contributed by atoms with Gasteiger partial charge in [0.25, 0.3) is 0 Å². The van der Waals surface area contributed by atoms with Gasteiger partial charge < -0.3 is 15.6 Å². The average Bonchev–Trinajstić information content (AvgIpc) is 3.38. The Hall–Kier alpha value is -2.91. The number of nitrogens with two attached hydrogens (primary N) is 1. The van der Waals surface area contributed by atoms with Gasteiger partial charge in [-0.25, -0.2) is 4.39 Å². The Morgan fingerprint density at radius 2 is 1.92 bits per heavy atom. The highest BCUT2D eigenvalue weighted by molar-refractivity contribution is 6.34. The number of hydrogen-bond acceptors (Lipinski definition) is 5. The number of alkyl halides is 3. The standard InChI is InChI=1S/C26H28ClF3N4O2/c1-15(25-33-24(34-36-25)18-5-3-2-4-6-18)32-13-16-7-9-17(10-8-16)20-11-19(26(29,30)14-28)12-21(22(20)27)23(31)35/h2-6,11-12,15-17,32H,7-10,13-14H2,1H3,(H2,31,35). The van der Waals surface area contributed by atoms with Gasteiger partial charge in [0.1, 0.15) is 0 Å². The summed E-state index contributed by atoms with van der Waals surface area (Å²) in [5.41, 5.74) is 5.87. The molecule has 192 valence electrons. The number of amides is 1. The van der Waals surface area contributed by atoms with Crippen LogP contribution in [0.5, 0.6) is 0 Å². The van der Waals surface area contributed by atoms with Gasteiger partial charge >= 0.3 is 5.92 Å². The maximum Gasteiger partial charge on any atom is 0.301 e. The monoisotopic (exact) mass is 520 g/mol. The zero-order valence-electron chi connectivity index (χ0n) is 19.8. The second-order valence-corrected chi connectivity index (χ2v) is 9.68. The van der Waals surface area contributed by atoms with Crippen LogP contribution >= 0.6 is 11.6 Å². The van der Waals surface area contributed by atoms with Gasteiger partial charge in [0.15, 0.2) is 6.67 Å². The first-order valence-corrected chi connectivity index (χ1v) is 12.3. The van der Waals surface area contributed by atoms with Crippen LogP contribution in [0.25, 0.3) is 11.4 Å². The highest BCUT2D eigenvalue weighted by Crippen LogP contribution is 2.42. The van der Waals surface area contributed by atoms with E-state index in [2.05, 4.69) is 15.5 Å². The zero-order valence-corrected chi connectivity index (χ0v) is 20.6. The van der Waals surface area contributed by atoms with Crippen LogP contribution < -0.4 is 11.1 Å². The topological polar surface area (TPSA) is 94.0 Å². The predicted octanol–water partition coefficient (Wildman–Crippen LogP) is 6.17. The molecule has 10 heteroatoms. The number of hydrogen-bond donors (Lipinski definition) is 2. The molecule has 1 heterocycles. The number of rotatable bonds is 9. The predicted molar refractivity (Wildman–Crippen MR) is 131 cm³/mol. The second kappa shape index (κ2) is 11.0. The molecule has 36 heavy (non-hydrogen) atoms. The van der Waals surface area contributed by atoms with Crippen LogP contribution in [0.3, 0.4) is 0 Å². The van der Waals surface area contributed by atoms with Crippen molar-refractivity contribution in [3.8, 4) is 11.4 Å². The average molecular weight is 521 g/mol. The van der Waals surface area contributed by atoms with Crippen LogP contribution in [-0.2, 0) is 5.92 Å². The fraction of sp³-hybridized carbons (Fsp3) is 0.423. The van der Waals surface area contributed by atoms with Crippen molar-refractivity contribution >= 4 is 17.5 Å². The lowest BCUT2D eigenvalue weighted by Gasteiger charge is -2.31. The molecule has 0 saturated heterocycles. The summed E-state index contributed by atoms with van der Waals surface area (Å²) in [5, 5.41) is 7.56. The Bertz CT molecular complexity index is 1200. The SMILES string of the molecule is CC(NCC1CCC(c2cc(C(F)(F)CF)cc(C(N)=O)c2Cl)CC1)c1nc(-c2ccccc2)no1. The summed E-state index contributed by atoms with van der Waals surface area (Å²) >= 11 is 6.38. The highest BCUT2D eigenvalue weighted by Gasteiger charge is 2.35.